The lowest BCUT2D eigenvalue weighted by Gasteiger charge is -2.06. The van der Waals surface area contributed by atoms with E-state index in [1.54, 1.807) is 0 Å². The molecule has 0 heterocycles. The fourth-order valence-corrected chi connectivity index (χ4v) is 1.21. The molecule has 1 aromatic rings. The number of halogens is 1. The SMILES string of the molecule is Cc1ccc(OC/C(N)=N/O)cc1Br. The molecule has 0 aliphatic heterocycles. The molecule has 1 aromatic carbocycles. The van der Waals surface area contributed by atoms with Crippen molar-refractivity contribution in [2.45, 2.75) is 6.92 Å². The van der Waals surface area contributed by atoms with Gasteiger partial charge in [-0.2, -0.15) is 0 Å². The van der Waals surface area contributed by atoms with E-state index in [0.29, 0.717) is 5.75 Å². The third-order valence-corrected chi connectivity index (χ3v) is 2.51. The number of aryl methyl sites for hydroxylation is 1. The summed E-state index contributed by atoms with van der Waals surface area (Å²) in [6, 6.07) is 5.58. The Labute approximate surface area is 90.5 Å². The molecule has 0 saturated carbocycles. The summed E-state index contributed by atoms with van der Waals surface area (Å²) in [7, 11) is 0. The summed E-state index contributed by atoms with van der Waals surface area (Å²) in [5.74, 6) is 0.718. The largest absolute Gasteiger partial charge is 0.486 e. The lowest BCUT2D eigenvalue weighted by atomic mass is 10.2. The van der Waals surface area contributed by atoms with Crippen molar-refractivity contribution in [1.82, 2.24) is 0 Å². The van der Waals surface area contributed by atoms with Crippen LogP contribution in [-0.2, 0) is 0 Å². The second-order valence-corrected chi connectivity index (χ2v) is 3.65. The van der Waals surface area contributed by atoms with Crippen LogP contribution in [0.25, 0.3) is 0 Å². The Morgan fingerprint density at radius 1 is 1.64 bits per heavy atom. The maximum atomic E-state index is 8.29. The van der Waals surface area contributed by atoms with Gasteiger partial charge < -0.3 is 15.7 Å². The molecular formula is C9H11BrN2O2. The average Bonchev–Trinajstić information content (AvgIpc) is 2.19. The molecular weight excluding hydrogens is 248 g/mol. The molecule has 4 nitrogen and oxygen atoms in total. The molecule has 0 aromatic heterocycles. The van der Waals surface area contributed by atoms with Crippen LogP contribution in [0.2, 0.25) is 0 Å². The van der Waals surface area contributed by atoms with E-state index >= 15 is 0 Å². The lowest BCUT2D eigenvalue weighted by molar-refractivity contribution is 0.306. The van der Waals surface area contributed by atoms with Crippen molar-refractivity contribution in [3.63, 3.8) is 0 Å². The Kier molecular flexibility index (Phi) is 3.76. The van der Waals surface area contributed by atoms with Gasteiger partial charge in [-0.3, -0.25) is 0 Å². The standard InChI is InChI=1S/C9H11BrN2O2/c1-6-2-3-7(4-8(6)10)14-5-9(11)12-13/h2-4,13H,5H2,1H3,(H2,11,12). The second kappa shape index (κ2) is 4.85. The van der Waals surface area contributed by atoms with Gasteiger partial charge in [0.1, 0.15) is 12.4 Å². The van der Waals surface area contributed by atoms with Gasteiger partial charge in [0.2, 0.25) is 0 Å². The zero-order valence-corrected chi connectivity index (χ0v) is 9.28. The van der Waals surface area contributed by atoms with Crippen molar-refractivity contribution in [2.75, 3.05) is 6.61 Å². The van der Waals surface area contributed by atoms with Crippen LogP contribution in [0.5, 0.6) is 5.75 Å². The van der Waals surface area contributed by atoms with Crippen molar-refractivity contribution < 1.29 is 9.94 Å². The third kappa shape index (κ3) is 2.92. The van der Waals surface area contributed by atoms with E-state index in [0.717, 1.165) is 10.0 Å². The van der Waals surface area contributed by atoms with E-state index in [1.165, 1.54) is 0 Å². The van der Waals surface area contributed by atoms with E-state index in [1.807, 2.05) is 25.1 Å². The average molecular weight is 259 g/mol. The topological polar surface area (TPSA) is 67.8 Å². The summed E-state index contributed by atoms with van der Waals surface area (Å²) in [5.41, 5.74) is 6.38. The number of nitrogens with two attached hydrogens (primary N) is 1. The molecule has 0 unspecified atom stereocenters. The van der Waals surface area contributed by atoms with Gasteiger partial charge in [-0.05, 0) is 24.6 Å². The van der Waals surface area contributed by atoms with E-state index in [-0.39, 0.29) is 12.4 Å². The van der Waals surface area contributed by atoms with Crippen molar-refractivity contribution in [2.24, 2.45) is 10.9 Å². The Morgan fingerprint density at radius 3 is 2.93 bits per heavy atom. The first kappa shape index (κ1) is 10.8. The number of rotatable bonds is 3. The van der Waals surface area contributed by atoms with Gasteiger partial charge in [-0.25, -0.2) is 0 Å². The van der Waals surface area contributed by atoms with Crippen LogP contribution in [0, 0.1) is 6.92 Å². The molecule has 0 amide bonds. The first-order valence-corrected chi connectivity index (χ1v) is 4.78. The van der Waals surface area contributed by atoms with Gasteiger partial charge in [0.15, 0.2) is 5.84 Å². The zero-order chi connectivity index (χ0) is 10.6. The van der Waals surface area contributed by atoms with Crippen molar-refractivity contribution >= 4 is 21.8 Å². The molecule has 0 spiro atoms. The van der Waals surface area contributed by atoms with Crippen LogP contribution < -0.4 is 10.5 Å². The molecule has 76 valence electrons. The summed E-state index contributed by atoms with van der Waals surface area (Å²) in [4.78, 5) is 0. The third-order valence-electron chi connectivity index (χ3n) is 1.66. The van der Waals surface area contributed by atoms with Crippen LogP contribution >= 0.6 is 15.9 Å². The number of amidine groups is 1. The Balaban J connectivity index is 2.64. The minimum atomic E-state index is 0.0432. The molecule has 3 N–H and O–H groups in total. The molecule has 1 rings (SSSR count). The number of hydrogen-bond donors (Lipinski definition) is 2. The monoisotopic (exact) mass is 258 g/mol. The van der Waals surface area contributed by atoms with Gasteiger partial charge in [-0.1, -0.05) is 27.2 Å². The zero-order valence-electron chi connectivity index (χ0n) is 7.70. The Bertz CT molecular complexity index is 353. The summed E-state index contributed by atoms with van der Waals surface area (Å²) < 4.78 is 6.22. The molecule has 0 aliphatic rings. The highest BCUT2D eigenvalue weighted by atomic mass is 79.9. The molecule has 0 fully saturated rings. The smallest absolute Gasteiger partial charge is 0.177 e. The first-order chi connectivity index (χ1) is 6.63. The fraction of sp³-hybridized carbons (Fsp3) is 0.222. The number of ether oxygens (including phenoxy) is 1. The van der Waals surface area contributed by atoms with Gasteiger partial charge in [0.25, 0.3) is 0 Å². The predicted octanol–water partition coefficient (Wildman–Crippen LogP) is 1.88. The van der Waals surface area contributed by atoms with Crippen molar-refractivity contribution in [3.05, 3.63) is 28.2 Å². The summed E-state index contributed by atoms with van der Waals surface area (Å²) in [6.07, 6.45) is 0. The molecule has 5 heteroatoms. The minimum Gasteiger partial charge on any atom is -0.486 e. The van der Waals surface area contributed by atoms with Crippen LogP contribution in [0.15, 0.2) is 27.8 Å². The van der Waals surface area contributed by atoms with E-state index in [9.17, 15) is 0 Å². The summed E-state index contributed by atoms with van der Waals surface area (Å²) >= 11 is 3.38. The molecule has 0 atom stereocenters. The minimum absolute atomic E-state index is 0.0432. The van der Waals surface area contributed by atoms with Crippen LogP contribution in [0.3, 0.4) is 0 Å². The highest BCUT2D eigenvalue weighted by molar-refractivity contribution is 9.10. The number of hydrogen-bond acceptors (Lipinski definition) is 3. The second-order valence-electron chi connectivity index (χ2n) is 2.79. The van der Waals surface area contributed by atoms with Gasteiger partial charge in [-0.15, -0.1) is 0 Å². The number of benzene rings is 1. The highest BCUT2D eigenvalue weighted by Gasteiger charge is 1.99. The quantitative estimate of drug-likeness (QED) is 0.377. The Hall–Kier alpha value is -1.23. The van der Waals surface area contributed by atoms with Crippen LogP contribution in [0.4, 0.5) is 0 Å². The first-order valence-electron chi connectivity index (χ1n) is 3.99. The van der Waals surface area contributed by atoms with Gasteiger partial charge in [0.05, 0.1) is 0 Å². The van der Waals surface area contributed by atoms with E-state index < -0.39 is 0 Å². The maximum Gasteiger partial charge on any atom is 0.177 e. The van der Waals surface area contributed by atoms with Crippen LogP contribution in [-0.4, -0.2) is 17.6 Å². The van der Waals surface area contributed by atoms with Gasteiger partial charge >= 0.3 is 0 Å². The Morgan fingerprint density at radius 2 is 2.36 bits per heavy atom. The number of oxime groups is 1. The highest BCUT2D eigenvalue weighted by Crippen LogP contribution is 2.21. The van der Waals surface area contributed by atoms with Crippen LogP contribution in [0.1, 0.15) is 5.56 Å². The molecule has 0 bridgehead atoms. The lowest BCUT2D eigenvalue weighted by Crippen LogP contribution is -2.20. The molecule has 0 saturated heterocycles. The van der Waals surface area contributed by atoms with Crippen molar-refractivity contribution in [1.29, 1.82) is 0 Å². The molecule has 0 radical (unpaired) electrons. The summed E-state index contributed by atoms with van der Waals surface area (Å²) in [5, 5.41) is 11.1. The normalized spacial score (nSPS) is 11.4. The predicted molar refractivity (Wildman–Crippen MR) is 57.8 cm³/mol. The van der Waals surface area contributed by atoms with E-state index in [2.05, 4.69) is 21.1 Å². The fourth-order valence-electron chi connectivity index (χ4n) is 0.850. The van der Waals surface area contributed by atoms with Crippen molar-refractivity contribution in [3.8, 4) is 5.75 Å². The summed E-state index contributed by atoms with van der Waals surface area (Å²) in [6.45, 7) is 2.06. The molecule has 0 aliphatic carbocycles. The van der Waals surface area contributed by atoms with Gasteiger partial charge in [0, 0.05) is 4.47 Å². The maximum absolute atomic E-state index is 8.29. The van der Waals surface area contributed by atoms with E-state index in [4.69, 9.17) is 15.7 Å². The number of nitrogens with zero attached hydrogens (tertiary/aromatic N) is 1. The molecule has 14 heavy (non-hydrogen) atoms.